The molecule has 6 heteroatoms. The molecule has 2 amide bonds. The standard InChI is InChI=1S/C24H36N4O2/c1-27(2)21-12-10-20(11-13-21)22(28-16-6-7-17-28)18-26-24(30)23(29)25-15-14-19-8-4-3-5-9-19/h8,10-13,22H,3-7,9,14-18H2,1-2H3,(H,25,29)(H,26,30)/t22-/m1/s1. The van der Waals surface area contributed by atoms with E-state index in [2.05, 4.69) is 50.8 Å². The Balaban J connectivity index is 1.52. The van der Waals surface area contributed by atoms with E-state index in [9.17, 15) is 9.59 Å². The number of nitrogens with one attached hydrogen (secondary N) is 2. The molecular weight excluding hydrogens is 376 g/mol. The number of likely N-dealkylation sites (tertiary alicyclic amines) is 1. The van der Waals surface area contributed by atoms with E-state index in [-0.39, 0.29) is 6.04 Å². The Kier molecular flexibility index (Phi) is 8.31. The fourth-order valence-corrected chi connectivity index (χ4v) is 4.32. The predicted octanol–water partition coefficient (Wildman–Crippen LogP) is 3.01. The first kappa shape index (κ1) is 22.3. The smallest absolute Gasteiger partial charge is 0.309 e. The lowest BCUT2D eigenvalue weighted by Gasteiger charge is -2.28. The monoisotopic (exact) mass is 412 g/mol. The predicted molar refractivity (Wildman–Crippen MR) is 122 cm³/mol. The lowest BCUT2D eigenvalue weighted by atomic mass is 9.97. The molecule has 1 aromatic rings. The van der Waals surface area contributed by atoms with Crippen molar-refractivity contribution in [1.29, 1.82) is 0 Å². The van der Waals surface area contributed by atoms with E-state index in [1.54, 1.807) is 0 Å². The number of allylic oxidation sites excluding steroid dienone is 1. The topological polar surface area (TPSA) is 64.7 Å². The molecular formula is C24H36N4O2. The minimum atomic E-state index is -0.540. The second-order valence-corrected chi connectivity index (χ2v) is 8.57. The zero-order valence-corrected chi connectivity index (χ0v) is 18.5. The highest BCUT2D eigenvalue weighted by atomic mass is 16.2. The zero-order valence-electron chi connectivity index (χ0n) is 18.5. The van der Waals surface area contributed by atoms with Gasteiger partial charge in [-0.05, 0) is 75.7 Å². The maximum Gasteiger partial charge on any atom is 0.309 e. The molecule has 1 heterocycles. The van der Waals surface area contributed by atoms with E-state index < -0.39 is 11.8 Å². The van der Waals surface area contributed by atoms with Crippen molar-refractivity contribution in [2.45, 2.75) is 51.0 Å². The van der Waals surface area contributed by atoms with Crippen molar-refractivity contribution in [1.82, 2.24) is 15.5 Å². The van der Waals surface area contributed by atoms with Crippen LogP contribution in [0.5, 0.6) is 0 Å². The summed E-state index contributed by atoms with van der Waals surface area (Å²) < 4.78 is 0. The fourth-order valence-electron chi connectivity index (χ4n) is 4.32. The largest absolute Gasteiger partial charge is 0.378 e. The maximum atomic E-state index is 12.4. The van der Waals surface area contributed by atoms with Crippen LogP contribution < -0.4 is 15.5 Å². The molecule has 0 saturated carbocycles. The molecule has 0 unspecified atom stereocenters. The third-order valence-electron chi connectivity index (χ3n) is 6.15. The van der Waals surface area contributed by atoms with Crippen molar-refractivity contribution in [2.24, 2.45) is 0 Å². The number of rotatable bonds is 8. The molecule has 0 radical (unpaired) electrons. The van der Waals surface area contributed by atoms with E-state index in [0.29, 0.717) is 13.1 Å². The van der Waals surface area contributed by atoms with Gasteiger partial charge in [0.25, 0.3) is 0 Å². The van der Waals surface area contributed by atoms with Gasteiger partial charge >= 0.3 is 11.8 Å². The summed E-state index contributed by atoms with van der Waals surface area (Å²) in [6, 6.07) is 8.55. The van der Waals surface area contributed by atoms with Crippen LogP contribution in [0.25, 0.3) is 0 Å². The average molecular weight is 413 g/mol. The quantitative estimate of drug-likeness (QED) is 0.509. The molecule has 1 aliphatic heterocycles. The molecule has 1 aliphatic carbocycles. The second kappa shape index (κ2) is 11.2. The minimum absolute atomic E-state index is 0.0906. The fraction of sp³-hybridized carbons (Fsp3) is 0.583. The number of carbonyl (C=O) groups is 2. The van der Waals surface area contributed by atoms with Gasteiger partial charge < -0.3 is 15.5 Å². The van der Waals surface area contributed by atoms with Crippen molar-refractivity contribution in [3.05, 3.63) is 41.5 Å². The van der Waals surface area contributed by atoms with Gasteiger partial charge in [-0.1, -0.05) is 23.8 Å². The molecule has 164 valence electrons. The highest BCUT2D eigenvalue weighted by molar-refractivity contribution is 6.35. The number of benzene rings is 1. The van der Waals surface area contributed by atoms with Crippen LogP contribution in [0, 0.1) is 0 Å². The SMILES string of the molecule is CN(C)c1ccc([C@@H](CNC(=O)C(=O)NCCC2=CCCCC2)N2CCCC2)cc1. The molecule has 1 aromatic carbocycles. The first-order valence-corrected chi connectivity index (χ1v) is 11.3. The van der Waals surface area contributed by atoms with Crippen LogP contribution in [0.15, 0.2) is 35.9 Å². The summed E-state index contributed by atoms with van der Waals surface area (Å²) in [6.07, 6.45) is 10.2. The molecule has 1 atom stereocenters. The van der Waals surface area contributed by atoms with E-state index in [1.807, 2.05) is 14.1 Å². The molecule has 3 rings (SSSR count). The summed E-state index contributed by atoms with van der Waals surface area (Å²) >= 11 is 0. The van der Waals surface area contributed by atoms with Gasteiger partial charge in [-0.3, -0.25) is 14.5 Å². The van der Waals surface area contributed by atoms with Crippen molar-refractivity contribution in [3.63, 3.8) is 0 Å². The molecule has 1 saturated heterocycles. The summed E-state index contributed by atoms with van der Waals surface area (Å²) in [6.45, 7) is 3.02. The summed E-state index contributed by atoms with van der Waals surface area (Å²) in [4.78, 5) is 29.0. The minimum Gasteiger partial charge on any atom is -0.378 e. The van der Waals surface area contributed by atoms with E-state index in [0.717, 1.165) is 38.0 Å². The number of hydrogen-bond acceptors (Lipinski definition) is 4. The van der Waals surface area contributed by atoms with Crippen LogP contribution in [-0.4, -0.2) is 57.0 Å². The van der Waals surface area contributed by atoms with Crippen molar-refractivity contribution < 1.29 is 9.59 Å². The van der Waals surface area contributed by atoms with Gasteiger partial charge in [0.05, 0.1) is 6.04 Å². The Morgan fingerprint density at radius 1 is 1.00 bits per heavy atom. The zero-order chi connectivity index (χ0) is 21.3. The van der Waals surface area contributed by atoms with Crippen LogP contribution in [0.1, 0.15) is 56.6 Å². The molecule has 1 fully saturated rings. The second-order valence-electron chi connectivity index (χ2n) is 8.57. The van der Waals surface area contributed by atoms with Crippen molar-refractivity contribution in [2.75, 3.05) is 45.2 Å². The van der Waals surface area contributed by atoms with E-state index >= 15 is 0 Å². The maximum absolute atomic E-state index is 12.4. The van der Waals surface area contributed by atoms with Crippen LogP contribution in [0.4, 0.5) is 5.69 Å². The van der Waals surface area contributed by atoms with E-state index in [4.69, 9.17) is 0 Å². The average Bonchev–Trinajstić information content (AvgIpc) is 3.29. The normalized spacial score (nSPS) is 17.9. The Bertz CT molecular complexity index is 736. The Morgan fingerprint density at radius 3 is 2.33 bits per heavy atom. The van der Waals surface area contributed by atoms with Gasteiger partial charge in [0.2, 0.25) is 0 Å². The Morgan fingerprint density at radius 2 is 1.70 bits per heavy atom. The summed E-state index contributed by atoms with van der Waals surface area (Å²) in [5.74, 6) is -1.07. The third-order valence-corrected chi connectivity index (χ3v) is 6.15. The number of amides is 2. The van der Waals surface area contributed by atoms with Gasteiger partial charge in [0, 0.05) is 32.9 Å². The molecule has 0 bridgehead atoms. The highest BCUT2D eigenvalue weighted by Crippen LogP contribution is 2.26. The van der Waals surface area contributed by atoms with Crippen molar-refractivity contribution in [3.8, 4) is 0 Å². The molecule has 6 nitrogen and oxygen atoms in total. The van der Waals surface area contributed by atoms with Gasteiger partial charge in [0.1, 0.15) is 0 Å². The lowest BCUT2D eigenvalue weighted by Crippen LogP contribution is -2.44. The molecule has 30 heavy (non-hydrogen) atoms. The van der Waals surface area contributed by atoms with Crippen LogP contribution >= 0.6 is 0 Å². The number of anilines is 1. The van der Waals surface area contributed by atoms with Crippen LogP contribution in [-0.2, 0) is 9.59 Å². The number of nitrogens with zero attached hydrogens (tertiary/aromatic N) is 2. The summed E-state index contributed by atoms with van der Waals surface area (Å²) in [5, 5.41) is 5.64. The van der Waals surface area contributed by atoms with Gasteiger partial charge in [0.15, 0.2) is 0 Å². The lowest BCUT2D eigenvalue weighted by molar-refractivity contribution is -0.139. The number of carbonyl (C=O) groups excluding carboxylic acids is 2. The van der Waals surface area contributed by atoms with Crippen LogP contribution in [0.2, 0.25) is 0 Å². The molecule has 2 aliphatic rings. The first-order chi connectivity index (χ1) is 14.5. The number of hydrogen-bond donors (Lipinski definition) is 2. The van der Waals surface area contributed by atoms with Gasteiger partial charge in [-0.25, -0.2) is 0 Å². The highest BCUT2D eigenvalue weighted by Gasteiger charge is 2.25. The Hall–Kier alpha value is -2.34. The van der Waals surface area contributed by atoms with Gasteiger partial charge in [-0.15, -0.1) is 0 Å². The van der Waals surface area contributed by atoms with Crippen molar-refractivity contribution >= 4 is 17.5 Å². The van der Waals surface area contributed by atoms with Crippen LogP contribution in [0.3, 0.4) is 0 Å². The third kappa shape index (κ3) is 6.33. The summed E-state index contributed by atoms with van der Waals surface area (Å²) in [5.41, 5.74) is 3.72. The first-order valence-electron chi connectivity index (χ1n) is 11.3. The molecule has 2 N–H and O–H groups in total. The Labute approximate surface area is 180 Å². The van der Waals surface area contributed by atoms with Gasteiger partial charge in [-0.2, -0.15) is 0 Å². The summed E-state index contributed by atoms with van der Waals surface area (Å²) in [7, 11) is 4.05. The molecule has 0 aromatic heterocycles. The molecule has 0 spiro atoms. The van der Waals surface area contributed by atoms with E-state index in [1.165, 1.54) is 36.8 Å².